The van der Waals surface area contributed by atoms with Gasteiger partial charge in [-0.05, 0) is 0 Å². The van der Waals surface area contributed by atoms with Crippen LogP contribution in [0, 0.1) is 0 Å². The van der Waals surface area contributed by atoms with E-state index in [1.165, 1.54) is 7.11 Å². The molecule has 64 valence electrons. The van der Waals surface area contributed by atoms with Crippen LogP contribution in [-0.2, 0) is 4.84 Å². The maximum absolute atomic E-state index is 5.48. The Hall–Kier alpha value is -1.35. The van der Waals surface area contributed by atoms with Crippen molar-refractivity contribution in [2.45, 2.75) is 0 Å². The van der Waals surface area contributed by atoms with Crippen molar-refractivity contribution in [1.82, 2.24) is 0 Å². The maximum atomic E-state index is 5.48. The lowest BCUT2D eigenvalue weighted by Gasteiger charge is -2.01. The van der Waals surface area contributed by atoms with Crippen molar-refractivity contribution in [2.24, 2.45) is 10.9 Å². The van der Waals surface area contributed by atoms with Crippen LogP contribution < -0.4 is 5.73 Å². The Balaban J connectivity index is 2.88. The summed E-state index contributed by atoms with van der Waals surface area (Å²) in [5.41, 5.74) is 7.24. The van der Waals surface area contributed by atoms with Crippen LogP contribution in [0.5, 0.6) is 0 Å². The lowest BCUT2D eigenvalue weighted by Crippen LogP contribution is -2.15. The van der Waals surface area contributed by atoms with Crippen molar-refractivity contribution in [3.8, 4) is 0 Å². The molecule has 0 atom stereocenters. The van der Waals surface area contributed by atoms with E-state index < -0.39 is 0 Å². The van der Waals surface area contributed by atoms with E-state index in [9.17, 15) is 0 Å². The first-order chi connectivity index (χ1) is 5.88. The standard InChI is InChI=1S/C9H12N2O/c1-12-11-9(7-10)8-5-3-2-4-6-8/h2-6H,7,10H2,1H3/b11-9-. The molecule has 0 aliphatic rings. The molecule has 0 heterocycles. The molecule has 0 saturated heterocycles. The van der Waals surface area contributed by atoms with Gasteiger partial charge in [-0.25, -0.2) is 0 Å². The van der Waals surface area contributed by atoms with Crippen LogP contribution in [0.4, 0.5) is 0 Å². The van der Waals surface area contributed by atoms with E-state index in [0.29, 0.717) is 6.54 Å². The number of nitrogens with two attached hydrogens (primary N) is 1. The third kappa shape index (κ3) is 2.07. The number of rotatable bonds is 3. The van der Waals surface area contributed by atoms with E-state index in [4.69, 9.17) is 5.73 Å². The van der Waals surface area contributed by atoms with Crippen LogP contribution in [0.3, 0.4) is 0 Å². The second-order valence-corrected chi connectivity index (χ2v) is 2.29. The summed E-state index contributed by atoms with van der Waals surface area (Å²) in [6.07, 6.45) is 0. The Morgan fingerprint density at radius 3 is 2.58 bits per heavy atom. The smallest absolute Gasteiger partial charge is 0.106 e. The molecule has 0 saturated carbocycles. The van der Waals surface area contributed by atoms with Crippen LogP contribution in [0.25, 0.3) is 0 Å². The van der Waals surface area contributed by atoms with Gasteiger partial charge in [-0.1, -0.05) is 35.5 Å². The van der Waals surface area contributed by atoms with Crippen molar-refractivity contribution < 1.29 is 4.84 Å². The second-order valence-electron chi connectivity index (χ2n) is 2.29. The molecular weight excluding hydrogens is 152 g/mol. The van der Waals surface area contributed by atoms with Crippen molar-refractivity contribution in [3.05, 3.63) is 35.9 Å². The third-order valence-corrected chi connectivity index (χ3v) is 1.50. The zero-order chi connectivity index (χ0) is 8.81. The predicted molar refractivity (Wildman–Crippen MR) is 49.0 cm³/mol. The number of benzene rings is 1. The third-order valence-electron chi connectivity index (χ3n) is 1.50. The van der Waals surface area contributed by atoms with Gasteiger partial charge in [-0.15, -0.1) is 0 Å². The number of hydrogen-bond donors (Lipinski definition) is 1. The van der Waals surface area contributed by atoms with Crippen molar-refractivity contribution >= 4 is 5.71 Å². The lowest BCUT2D eigenvalue weighted by molar-refractivity contribution is 0.213. The molecule has 0 bridgehead atoms. The molecular formula is C9H12N2O. The summed E-state index contributed by atoms with van der Waals surface area (Å²) in [7, 11) is 1.51. The number of oxime groups is 1. The van der Waals surface area contributed by atoms with Crippen LogP contribution in [0.1, 0.15) is 5.56 Å². The summed E-state index contributed by atoms with van der Waals surface area (Å²) in [6, 6.07) is 9.73. The summed E-state index contributed by atoms with van der Waals surface area (Å²) >= 11 is 0. The highest BCUT2D eigenvalue weighted by atomic mass is 16.6. The highest BCUT2D eigenvalue weighted by Crippen LogP contribution is 2.00. The van der Waals surface area contributed by atoms with Crippen LogP contribution in [-0.4, -0.2) is 19.4 Å². The summed E-state index contributed by atoms with van der Waals surface area (Å²) in [4.78, 5) is 4.66. The molecule has 0 unspecified atom stereocenters. The van der Waals surface area contributed by atoms with Gasteiger partial charge >= 0.3 is 0 Å². The Kier molecular flexibility index (Phi) is 3.29. The maximum Gasteiger partial charge on any atom is 0.106 e. The van der Waals surface area contributed by atoms with Gasteiger partial charge in [-0.2, -0.15) is 0 Å². The first-order valence-corrected chi connectivity index (χ1v) is 3.74. The fourth-order valence-corrected chi connectivity index (χ4v) is 0.949. The van der Waals surface area contributed by atoms with E-state index in [2.05, 4.69) is 9.99 Å². The SMILES string of the molecule is CO/N=C(/CN)c1ccccc1. The van der Waals surface area contributed by atoms with Gasteiger partial charge in [0.2, 0.25) is 0 Å². The van der Waals surface area contributed by atoms with Gasteiger partial charge in [0, 0.05) is 12.1 Å². The minimum Gasteiger partial charge on any atom is -0.399 e. The molecule has 0 fully saturated rings. The minimum atomic E-state index is 0.387. The monoisotopic (exact) mass is 164 g/mol. The molecule has 2 N–H and O–H groups in total. The molecule has 3 heteroatoms. The molecule has 1 rings (SSSR count). The normalized spacial score (nSPS) is 11.3. The van der Waals surface area contributed by atoms with Gasteiger partial charge in [0.1, 0.15) is 12.8 Å². The van der Waals surface area contributed by atoms with Crippen LogP contribution >= 0.6 is 0 Å². The molecule has 1 aromatic carbocycles. The van der Waals surface area contributed by atoms with Crippen molar-refractivity contribution in [2.75, 3.05) is 13.7 Å². The Morgan fingerprint density at radius 1 is 1.42 bits per heavy atom. The quantitative estimate of drug-likeness (QED) is 0.535. The first-order valence-electron chi connectivity index (χ1n) is 3.74. The second kappa shape index (κ2) is 4.51. The Labute approximate surface area is 71.8 Å². The largest absolute Gasteiger partial charge is 0.399 e. The van der Waals surface area contributed by atoms with Gasteiger partial charge in [0.25, 0.3) is 0 Å². The molecule has 0 aliphatic heterocycles. The molecule has 0 amide bonds. The summed E-state index contributed by atoms with van der Waals surface area (Å²) in [5.74, 6) is 0. The zero-order valence-electron chi connectivity index (χ0n) is 7.03. The fourth-order valence-electron chi connectivity index (χ4n) is 0.949. The van der Waals surface area contributed by atoms with Crippen LogP contribution in [0.15, 0.2) is 35.5 Å². The zero-order valence-corrected chi connectivity index (χ0v) is 7.03. The molecule has 0 radical (unpaired) electrons. The number of nitrogens with zero attached hydrogens (tertiary/aromatic N) is 1. The summed E-state index contributed by atoms with van der Waals surface area (Å²) < 4.78 is 0. The van der Waals surface area contributed by atoms with Gasteiger partial charge in [-0.3, -0.25) is 0 Å². The van der Waals surface area contributed by atoms with Crippen molar-refractivity contribution in [3.63, 3.8) is 0 Å². The predicted octanol–water partition coefficient (Wildman–Crippen LogP) is 0.996. The van der Waals surface area contributed by atoms with Gasteiger partial charge in [0.05, 0.1) is 0 Å². The van der Waals surface area contributed by atoms with E-state index in [0.717, 1.165) is 11.3 Å². The van der Waals surface area contributed by atoms with E-state index in [1.807, 2.05) is 30.3 Å². The van der Waals surface area contributed by atoms with Gasteiger partial charge in [0.15, 0.2) is 0 Å². The van der Waals surface area contributed by atoms with E-state index in [-0.39, 0.29) is 0 Å². The lowest BCUT2D eigenvalue weighted by atomic mass is 10.1. The van der Waals surface area contributed by atoms with Gasteiger partial charge < -0.3 is 10.6 Å². The highest BCUT2D eigenvalue weighted by Gasteiger charge is 1.99. The highest BCUT2D eigenvalue weighted by molar-refractivity contribution is 6.01. The Bertz CT molecular complexity index is 256. The summed E-state index contributed by atoms with van der Waals surface area (Å²) in [5, 5.41) is 3.80. The molecule has 0 aromatic heterocycles. The van der Waals surface area contributed by atoms with Crippen LogP contribution in [0.2, 0.25) is 0 Å². The molecule has 12 heavy (non-hydrogen) atoms. The Morgan fingerprint density at radius 2 is 2.08 bits per heavy atom. The summed E-state index contributed by atoms with van der Waals surface area (Å²) in [6.45, 7) is 0.387. The number of hydrogen-bond acceptors (Lipinski definition) is 3. The van der Waals surface area contributed by atoms with E-state index >= 15 is 0 Å². The van der Waals surface area contributed by atoms with E-state index in [1.54, 1.807) is 0 Å². The molecule has 1 aromatic rings. The first kappa shape index (κ1) is 8.74. The molecule has 3 nitrogen and oxygen atoms in total. The molecule has 0 spiro atoms. The van der Waals surface area contributed by atoms with Crippen molar-refractivity contribution in [1.29, 1.82) is 0 Å². The average molecular weight is 164 g/mol. The minimum absolute atomic E-state index is 0.387. The molecule has 0 aliphatic carbocycles. The average Bonchev–Trinajstić information content (AvgIpc) is 2.15. The topological polar surface area (TPSA) is 47.6 Å². The fraction of sp³-hybridized carbons (Fsp3) is 0.222.